The Bertz CT molecular complexity index is 448. The van der Waals surface area contributed by atoms with Crippen LogP contribution in [0, 0.1) is 0 Å². The minimum absolute atomic E-state index is 0.0739. The smallest absolute Gasteiger partial charge is 0.130 e. The second-order valence-corrected chi connectivity index (χ2v) is 6.70. The van der Waals surface area contributed by atoms with Crippen LogP contribution in [-0.4, -0.2) is 17.3 Å². The molecule has 0 aromatic heterocycles. The summed E-state index contributed by atoms with van der Waals surface area (Å²) in [6.07, 6.45) is 0. The van der Waals surface area contributed by atoms with Crippen LogP contribution in [0.15, 0.2) is 6.07 Å². The number of hydrogen-bond acceptors (Lipinski definition) is 3. The Hall–Kier alpha value is -1.38. The van der Waals surface area contributed by atoms with Gasteiger partial charge in [0.05, 0.1) is 7.11 Å². The molecule has 0 bridgehead atoms. The monoisotopic (exact) mass is 252 g/mol. The summed E-state index contributed by atoms with van der Waals surface area (Å²) >= 11 is 0. The van der Waals surface area contributed by atoms with E-state index in [9.17, 15) is 10.2 Å². The summed E-state index contributed by atoms with van der Waals surface area (Å²) in [7, 11) is 1.54. The van der Waals surface area contributed by atoms with E-state index in [0.29, 0.717) is 11.3 Å². The lowest BCUT2D eigenvalue weighted by molar-refractivity contribution is 0.360. The number of phenols is 2. The Labute approximate surface area is 109 Å². The number of rotatable bonds is 1. The fraction of sp³-hybridized carbons (Fsp3) is 0.600. The van der Waals surface area contributed by atoms with Crippen LogP contribution in [-0.2, 0) is 10.8 Å². The maximum atomic E-state index is 10.5. The number of phenolic OH excluding ortho intramolecular Hbond substituents is 2. The first-order valence-corrected chi connectivity index (χ1v) is 6.14. The summed E-state index contributed by atoms with van der Waals surface area (Å²) in [5.74, 6) is 0.724. The number of methoxy groups -OCH3 is 1. The molecule has 0 atom stereocenters. The van der Waals surface area contributed by atoms with Gasteiger partial charge in [-0.25, -0.2) is 0 Å². The fourth-order valence-corrected chi connectivity index (χ4v) is 2.26. The molecule has 0 saturated heterocycles. The summed E-state index contributed by atoms with van der Waals surface area (Å²) in [6.45, 7) is 11.9. The van der Waals surface area contributed by atoms with Gasteiger partial charge in [0.1, 0.15) is 17.2 Å². The van der Waals surface area contributed by atoms with Gasteiger partial charge in [-0.1, -0.05) is 41.5 Å². The van der Waals surface area contributed by atoms with Gasteiger partial charge in [0, 0.05) is 17.2 Å². The first kappa shape index (κ1) is 14.7. The molecule has 0 fully saturated rings. The van der Waals surface area contributed by atoms with Crippen LogP contribution in [0.5, 0.6) is 17.2 Å². The van der Waals surface area contributed by atoms with Gasteiger partial charge in [0.25, 0.3) is 0 Å². The van der Waals surface area contributed by atoms with Gasteiger partial charge in [0.15, 0.2) is 0 Å². The zero-order chi connectivity index (χ0) is 14.3. The van der Waals surface area contributed by atoms with Crippen molar-refractivity contribution >= 4 is 0 Å². The highest BCUT2D eigenvalue weighted by Gasteiger charge is 2.31. The highest BCUT2D eigenvalue weighted by atomic mass is 16.5. The quantitative estimate of drug-likeness (QED) is 0.801. The predicted molar refractivity (Wildman–Crippen MR) is 73.7 cm³/mol. The third-order valence-corrected chi connectivity index (χ3v) is 2.96. The molecule has 0 amide bonds. The molecule has 0 radical (unpaired) electrons. The molecule has 2 N–H and O–H groups in total. The molecule has 1 aromatic carbocycles. The van der Waals surface area contributed by atoms with Crippen LogP contribution < -0.4 is 4.74 Å². The Morgan fingerprint density at radius 3 is 1.67 bits per heavy atom. The van der Waals surface area contributed by atoms with Gasteiger partial charge >= 0.3 is 0 Å². The van der Waals surface area contributed by atoms with Crippen LogP contribution in [0.25, 0.3) is 0 Å². The molecule has 0 unspecified atom stereocenters. The molecule has 1 rings (SSSR count). The third-order valence-electron chi connectivity index (χ3n) is 2.96. The van der Waals surface area contributed by atoms with Gasteiger partial charge < -0.3 is 14.9 Å². The molecule has 3 heteroatoms. The van der Waals surface area contributed by atoms with Gasteiger partial charge in [-0.2, -0.15) is 0 Å². The Kier molecular flexibility index (Phi) is 3.57. The Morgan fingerprint density at radius 2 is 1.33 bits per heavy atom. The van der Waals surface area contributed by atoms with E-state index in [2.05, 4.69) is 0 Å². The van der Waals surface area contributed by atoms with E-state index in [1.807, 2.05) is 41.5 Å². The van der Waals surface area contributed by atoms with Gasteiger partial charge in [-0.15, -0.1) is 0 Å². The van der Waals surface area contributed by atoms with E-state index >= 15 is 0 Å². The molecular weight excluding hydrogens is 228 g/mol. The van der Waals surface area contributed by atoms with E-state index in [0.717, 1.165) is 5.56 Å². The number of aromatic hydroxyl groups is 2. The molecule has 0 aliphatic rings. The average molecular weight is 252 g/mol. The van der Waals surface area contributed by atoms with Crippen molar-refractivity contribution in [1.29, 1.82) is 0 Å². The molecule has 18 heavy (non-hydrogen) atoms. The predicted octanol–water partition coefficient (Wildman–Crippen LogP) is 3.70. The number of hydrogen-bond donors (Lipinski definition) is 2. The van der Waals surface area contributed by atoms with Crippen LogP contribution in [0.4, 0.5) is 0 Å². The van der Waals surface area contributed by atoms with Crippen LogP contribution in [0.2, 0.25) is 0 Å². The maximum absolute atomic E-state index is 10.5. The molecule has 0 saturated carbocycles. The van der Waals surface area contributed by atoms with Crippen LogP contribution >= 0.6 is 0 Å². The normalized spacial score (nSPS) is 12.6. The Morgan fingerprint density at radius 1 is 0.889 bits per heavy atom. The Balaban J connectivity index is 3.71. The number of benzene rings is 1. The summed E-state index contributed by atoms with van der Waals surface area (Å²) < 4.78 is 5.28. The van der Waals surface area contributed by atoms with E-state index in [4.69, 9.17) is 4.74 Å². The minimum atomic E-state index is -0.333. The van der Waals surface area contributed by atoms with Crippen molar-refractivity contribution in [1.82, 2.24) is 0 Å². The summed E-state index contributed by atoms with van der Waals surface area (Å²) in [6, 6.07) is 1.58. The average Bonchev–Trinajstić information content (AvgIpc) is 2.11. The van der Waals surface area contributed by atoms with Crippen molar-refractivity contribution in [3.8, 4) is 17.2 Å². The van der Waals surface area contributed by atoms with E-state index in [-0.39, 0.29) is 22.3 Å². The molecule has 0 aliphatic heterocycles. The summed E-state index contributed by atoms with van der Waals surface area (Å²) in [5.41, 5.74) is 0.699. The highest BCUT2D eigenvalue weighted by molar-refractivity contribution is 5.60. The first-order chi connectivity index (χ1) is 8.00. The topological polar surface area (TPSA) is 49.7 Å². The fourth-order valence-electron chi connectivity index (χ4n) is 2.26. The van der Waals surface area contributed by atoms with E-state index in [1.54, 1.807) is 13.2 Å². The molecule has 3 nitrogen and oxygen atoms in total. The van der Waals surface area contributed by atoms with Gasteiger partial charge in [-0.05, 0) is 10.8 Å². The summed E-state index contributed by atoms with van der Waals surface area (Å²) in [4.78, 5) is 0. The second-order valence-electron chi connectivity index (χ2n) is 6.70. The molecule has 1 aromatic rings. The maximum Gasteiger partial charge on any atom is 0.130 e. The standard InChI is InChI=1S/C15H24O3/c1-14(2,3)11-9(16)8-10(18-7)12(13(11)17)15(4,5)6/h8,16-17H,1-7H3. The highest BCUT2D eigenvalue weighted by Crippen LogP contribution is 2.48. The van der Waals surface area contributed by atoms with Gasteiger partial charge in [0.2, 0.25) is 0 Å². The molecule has 0 heterocycles. The third kappa shape index (κ3) is 2.55. The van der Waals surface area contributed by atoms with Crippen molar-refractivity contribution in [2.24, 2.45) is 0 Å². The van der Waals surface area contributed by atoms with Crippen molar-refractivity contribution in [2.75, 3.05) is 7.11 Å². The van der Waals surface area contributed by atoms with Gasteiger partial charge in [-0.3, -0.25) is 0 Å². The largest absolute Gasteiger partial charge is 0.507 e. The van der Waals surface area contributed by atoms with Crippen molar-refractivity contribution in [3.63, 3.8) is 0 Å². The lowest BCUT2D eigenvalue weighted by Gasteiger charge is -2.29. The van der Waals surface area contributed by atoms with E-state index < -0.39 is 0 Å². The van der Waals surface area contributed by atoms with Crippen molar-refractivity contribution in [2.45, 2.75) is 52.4 Å². The van der Waals surface area contributed by atoms with E-state index in [1.165, 1.54) is 0 Å². The minimum Gasteiger partial charge on any atom is -0.507 e. The van der Waals surface area contributed by atoms with Crippen molar-refractivity contribution < 1.29 is 14.9 Å². The molecule has 0 spiro atoms. The summed E-state index contributed by atoms with van der Waals surface area (Å²) in [5, 5.41) is 20.6. The van der Waals surface area contributed by atoms with Crippen molar-refractivity contribution in [3.05, 3.63) is 17.2 Å². The first-order valence-electron chi connectivity index (χ1n) is 6.14. The SMILES string of the molecule is COc1cc(O)c(C(C)(C)C)c(O)c1C(C)(C)C. The molecular formula is C15H24O3. The molecule has 102 valence electrons. The van der Waals surface area contributed by atoms with Crippen LogP contribution in [0.1, 0.15) is 52.7 Å². The second kappa shape index (κ2) is 4.38. The zero-order valence-corrected chi connectivity index (χ0v) is 12.4. The molecule has 0 aliphatic carbocycles. The lowest BCUT2D eigenvalue weighted by atomic mass is 9.78. The number of ether oxygens (including phenoxy) is 1. The zero-order valence-electron chi connectivity index (χ0n) is 12.4. The van der Waals surface area contributed by atoms with Crippen LogP contribution in [0.3, 0.4) is 0 Å². The lowest BCUT2D eigenvalue weighted by Crippen LogP contribution is -2.18.